The second-order valence-corrected chi connectivity index (χ2v) is 8.15. The first kappa shape index (κ1) is 20.5. The maximum Gasteiger partial charge on any atom is 0.256 e. The topological polar surface area (TPSA) is 131 Å². The molecule has 0 aliphatic carbocycles. The summed E-state index contributed by atoms with van der Waals surface area (Å²) in [6.45, 7) is 3.16. The number of aliphatic hydroxyl groups is 1. The molecule has 5 rings (SSSR count). The number of aromatic nitrogens is 3. The highest BCUT2D eigenvalue weighted by molar-refractivity contribution is 6.05. The molecule has 1 unspecified atom stereocenters. The Hall–Kier alpha value is -3.36. The van der Waals surface area contributed by atoms with Gasteiger partial charge in [0.2, 0.25) is 5.60 Å². The van der Waals surface area contributed by atoms with E-state index in [1.54, 1.807) is 50.2 Å². The lowest BCUT2D eigenvalue weighted by Crippen LogP contribution is -2.40. The van der Waals surface area contributed by atoms with Gasteiger partial charge in [-0.05, 0) is 38.1 Å². The number of rotatable bonds is 4. The minimum absolute atomic E-state index is 0.283. The normalized spacial score (nSPS) is 28.4. The fourth-order valence-corrected chi connectivity index (χ4v) is 4.32. The van der Waals surface area contributed by atoms with E-state index in [1.165, 1.54) is 10.8 Å². The number of fused-ring (bicyclic) bond motifs is 2. The van der Waals surface area contributed by atoms with Crippen molar-refractivity contribution in [1.82, 2.24) is 14.6 Å². The van der Waals surface area contributed by atoms with Gasteiger partial charge in [-0.1, -0.05) is 18.2 Å². The zero-order chi connectivity index (χ0) is 22.5. The number of nitrogens with zero attached hydrogens (tertiary/aromatic N) is 4. The van der Waals surface area contributed by atoms with Gasteiger partial charge in [0.1, 0.15) is 36.2 Å². The van der Waals surface area contributed by atoms with Crippen LogP contribution in [0.25, 0.3) is 5.52 Å². The molecule has 0 radical (unpaired) electrons. The van der Waals surface area contributed by atoms with E-state index in [-0.39, 0.29) is 18.3 Å². The standard InChI is InChI=1S/C22H21N5O5/c1-21(2)31-17-15(10-28)30-22(11-23,18(17)32-21)16-9-8-14-19(24-12-25-27(14)16)26-20(29)13-6-4-3-5-7-13/h3-9,12,15,17-18,28H,10H2,1-2H3,(H,24,25,26,29)/t15?,17-,18-,22+/m1/s1. The third-order valence-electron chi connectivity index (χ3n) is 5.68. The van der Waals surface area contributed by atoms with Crippen LogP contribution in [0, 0.1) is 11.3 Å². The van der Waals surface area contributed by atoms with E-state index < -0.39 is 29.7 Å². The van der Waals surface area contributed by atoms with Gasteiger partial charge in [-0.2, -0.15) is 10.4 Å². The number of nitrogens with one attached hydrogen (secondary N) is 1. The van der Waals surface area contributed by atoms with E-state index in [2.05, 4.69) is 21.5 Å². The van der Waals surface area contributed by atoms with Gasteiger partial charge >= 0.3 is 0 Å². The number of ether oxygens (including phenoxy) is 3. The van der Waals surface area contributed by atoms with E-state index in [0.717, 1.165) is 0 Å². The Kier molecular flexibility index (Phi) is 4.72. The van der Waals surface area contributed by atoms with Gasteiger partial charge in [-0.3, -0.25) is 4.79 Å². The van der Waals surface area contributed by atoms with Gasteiger partial charge in [-0.25, -0.2) is 9.50 Å². The molecule has 4 heterocycles. The van der Waals surface area contributed by atoms with Crippen LogP contribution in [0.4, 0.5) is 5.82 Å². The highest BCUT2D eigenvalue weighted by atomic mass is 16.8. The molecule has 164 valence electrons. The summed E-state index contributed by atoms with van der Waals surface area (Å²) in [6, 6.07) is 14.4. The van der Waals surface area contributed by atoms with Gasteiger partial charge in [0.05, 0.1) is 12.3 Å². The Morgan fingerprint density at radius 3 is 2.72 bits per heavy atom. The summed E-state index contributed by atoms with van der Waals surface area (Å²) in [6.07, 6.45) is -0.867. The number of anilines is 1. The predicted molar refractivity (Wildman–Crippen MR) is 110 cm³/mol. The maximum atomic E-state index is 12.6. The molecule has 0 bridgehead atoms. The van der Waals surface area contributed by atoms with Crippen LogP contribution in [0.1, 0.15) is 29.9 Å². The van der Waals surface area contributed by atoms with Gasteiger partial charge in [0, 0.05) is 5.56 Å². The number of amides is 1. The van der Waals surface area contributed by atoms with Crippen molar-refractivity contribution in [3.05, 3.63) is 60.0 Å². The van der Waals surface area contributed by atoms with Crippen LogP contribution in [0.3, 0.4) is 0 Å². The number of hydrogen-bond donors (Lipinski definition) is 2. The van der Waals surface area contributed by atoms with Crippen LogP contribution in [0.2, 0.25) is 0 Å². The van der Waals surface area contributed by atoms with Crippen LogP contribution >= 0.6 is 0 Å². The minimum atomic E-state index is -1.58. The minimum Gasteiger partial charge on any atom is -0.394 e. The van der Waals surface area contributed by atoms with Crippen LogP contribution in [-0.4, -0.2) is 56.3 Å². The molecule has 10 nitrogen and oxygen atoms in total. The fraction of sp³-hybridized carbons (Fsp3) is 0.364. The molecule has 0 spiro atoms. The zero-order valence-electron chi connectivity index (χ0n) is 17.4. The first-order valence-corrected chi connectivity index (χ1v) is 10.1. The van der Waals surface area contributed by atoms with Crippen molar-refractivity contribution in [2.75, 3.05) is 11.9 Å². The van der Waals surface area contributed by atoms with Crippen molar-refractivity contribution in [3.63, 3.8) is 0 Å². The van der Waals surface area contributed by atoms with E-state index in [9.17, 15) is 15.2 Å². The highest BCUT2D eigenvalue weighted by Crippen LogP contribution is 2.49. The first-order chi connectivity index (χ1) is 15.4. The zero-order valence-corrected chi connectivity index (χ0v) is 17.4. The van der Waals surface area contributed by atoms with E-state index in [4.69, 9.17) is 14.2 Å². The van der Waals surface area contributed by atoms with Crippen LogP contribution < -0.4 is 5.32 Å². The first-order valence-electron chi connectivity index (χ1n) is 10.1. The predicted octanol–water partition coefficient (Wildman–Crippen LogP) is 1.61. The lowest BCUT2D eigenvalue weighted by atomic mass is 9.92. The molecular formula is C22H21N5O5. The van der Waals surface area contributed by atoms with Crippen LogP contribution in [0.15, 0.2) is 48.8 Å². The molecule has 1 amide bonds. The van der Waals surface area contributed by atoms with E-state index >= 15 is 0 Å². The number of hydrogen-bond acceptors (Lipinski definition) is 8. The van der Waals surface area contributed by atoms with Crippen molar-refractivity contribution in [3.8, 4) is 6.07 Å². The number of carbonyl (C=O) groups excluding carboxylic acids is 1. The average molecular weight is 435 g/mol. The molecule has 2 aliphatic rings. The van der Waals surface area contributed by atoms with Crippen LogP contribution in [-0.2, 0) is 19.8 Å². The largest absolute Gasteiger partial charge is 0.394 e. The van der Waals surface area contributed by atoms with Gasteiger partial charge < -0.3 is 24.6 Å². The molecular weight excluding hydrogens is 414 g/mol. The number of nitriles is 1. The summed E-state index contributed by atoms with van der Waals surface area (Å²) < 4.78 is 19.5. The average Bonchev–Trinajstić information content (AvgIpc) is 3.45. The molecule has 3 aromatic rings. The maximum absolute atomic E-state index is 12.6. The Bertz CT molecular complexity index is 1220. The van der Waals surface area contributed by atoms with Gasteiger partial charge in [0.25, 0.3) is 5.91 Å². The fourth-order valence-electron chi connectivity index (χ4n) is 4.32. The van der Waals surface area contributed by atoms with Crippen molar-refractivity contribution in [2.45, 2.75) is 43.5 Å². The summed E-state index contributed by atoms with van der Waals surface area (Å²) in [7, 11) is 0. The lowest BCUT2D eigenvalue weighted by Gasteiger charge is -2.28. The molecule has 4 atom stereocenters. The Morgan fingerprint density at radius 2 is 2.00 bits per heavy atom. The lowest BCUT2D eigenvalue weighted by molar-refractivity contribution is -0.204. The Balaban J connectivity index is 1.56. The molecule has 32 heavy (non-hydrogen) atoms. The summed E-state index contributed by atoms with van der Waals surface area (Å²) >= 11 is 0. The smallest absolute Gasteiger partial charge is 0.256 e. The molecule has 1 aromatic carbocycles. The molecule has 0 saturated carbocycles. The molecule has 2 aliphatic heterocycles. The second kappa shape index (κ2) is 7.36. The Morgan fingerprint density at radius 1 is 1.22 bits per heavy atom. The monoisotopic (exact) mass is 435 g/mol. The summed E-state index contributed by atoms with van der Waals surface area (Å²) in [5.41, 5.74) is -0.226. The molecule has 2 saturated heterocycles. The number of carbonyl (C=O) groups is 1. The summed E-state index contributed by atoms with van der Waals surface area (Å²) in [4.78, 5) is 16.8. The Labute approximate surface area is 183 Å². The molecule has 2 N–H and O–H groups in total. The molecule has 2 fully saturated rings. The highest BCUT2D eigenvalue weighted by Gasteiger charge is 2.65. The van der Waals surface area contributed by atoms with E-state index in [1.807, 2.05) is 6.07 Å². The van der Waals surface area contributed by atoms with Crippen molar-refractivity contribution < 1.29 is 24.1 Å². The SMILES string of the molecule is CC1(C)O[C@@H]2C(CO)O[C@@](C#N)(c3ccc4c(NC(=O)c5ccccc5)ncnn34)[C@@H]2O1. The number of aliphatic hydroxyl groups excluding tert-OH is 1. The van der Waals surface area contributed by atoms with Crippen molar-refractivity contribution >= 4 is 17.2 Å². The second-order valence-electron chi connectivity index (χ2n) is 8.15. The van der Waals surface area contributed by atoms with Crippen LogP contribution in [0.5, 0.6) is 0 Å². The van der Waals surface area contributed by atoms with Gasteiger partial charge in [-0.15, -0.1) is 0 Å². The number of benzene rings is 1. The summed E-state index contributed by atoms with van der Waals surface area (Å²) in [5, 5.41) is 27.1. The third-order valence-corrected chi connectivity index (χ3v) is 5.68. The third kappa shape index (κ3) is 3.06. The van der Waals surface area contributed by atoms with E-state index in [0.29, 0.717) is 16.8 Å². The molecule has 2 aromatic heterocycles. The van der Waals surface area contributed by atoms with Gasteiger partial charge in [0.15, 0.2) is 11.6 Å². The summed E-state index contributed by atoms with van der Waals surface area (Å²) in [5.74, 6) is -0.980. The quantitative estimate of drug-likeness (QED) is 0.632. The molecule has 10 heteroatoms. The van der Waals surface area contributed by atoms with Crippen molar-refractivity contribution in [1.29, 1.82) is 5.26 Å². The van der Waals surface area contributed by atoms with Crippen molar-refractivity contribution in [2.24, 2.45) is 0 Å².